The number of imidazole rings is 1. The SMILES string of the molecule is Cc1c(-c2ccnn2-c2ccc(C#N)cc2)n(C(=O)N[C@H]2CC[C@H](NC(=O)OC(C)(C)C)CC2)c(=O)n1-c1cccc(C(F)(F)F)c1. The smallest absolute Gasteiger partial charge is 0.416 e. The Balaban J connectivity index is 1.50. The lowest BCUT2D eigenvalue weighted by Crippen LogP contribution is -2.47. The minimum Gasteiger partial charge on any atom is -0.444 e. The van der Waals surface area contributed by atoms with Gasteiger partial charge in [0, 0.05) is 12.1 Å². The summed E-state index contributed by atoms with van der Waals surface area (Å²) >= 11 is 0. The summed E-state index contributed by atoms with van der Waals surface area (Å²) in [6.07, 6.45) is -1.57. The average molecular weight is 650 g/mol. The lowest BCUT2D eigenvalue weighted by molar-refractivity contribution is -0.137. The van der Waals surface area contributed by atoms with Crippen molar-refractivity contribution in [3.05, 3.63) is 88.1 Å². The molecule has 1 aliphatic rings. The van der Waals surface area contributed by atoms with Crippen LogP contribution in [0.1, 0.15) is 63.3 Å². The van der Waals surface area contributed by atoms with Gasteiger partial charge in [0.25, 0.3) is 0 Å². The second-order valence-corrected chi connectivity index (χ2v) is 12.4. The predicted molar refractivity (Wildman–Crippen MR) is 166 cm³/mol. The minimum absolute atomic E-state index is 0.0618. The van der Waals surface area contributed by atoms with Crippen molar-refractivity contribution in [2.75, 3.05) is 0 Å². The molecule has 0 spiro atoms. The van der Waals surface area contributed by atoms with Crippen molar-refractivity contribution >= 4 is 12.1 Å². The number of ether oxygens (including phenoxy) is 1. The third kappa shape index (κ3) is 7.24. The first-order valence-electron chi connectivity index (χ1n) is 15.0. The number of carbonyl (C=O) groups excluding carboxylic acids is 2. The highest BCUT2D eigenvalue weighted by atomic mass is 19.4. The first kappa shape index (κ1) is 33.1. The zero-order valence-electron chi connectivity index (χ0n) is 26.3. The summed E-state index contributed by atoms with van der Waals surface area (Å²) in [5.74, 6) is 0. The van der Waals surface area contributed by atoms with Gasteiger partial charge in [-0.2, -0.15) is 23.5 Å². The summed E-state index contributed by atoms with van der Waals surface area (Å²) in [4.78, 5) is 40.2. The first-order chi connectivity index (χ1) is 22.2. The van der Waals surface area contributed by atoms with E-state index in [1.54, 1.807) is 58.0 Å². The number of nitriles is 1. The van der Waals surface area contributed by atoms with E-state index in [-0.39, 0.29) is 29.2 Å². The molecule has 0 unspecified atom stereocenters. The highest BCUT2D eigenvalue weighted by molar-refractivity contribution is 5.83. The fourth-order valence-corrected chi connectivity index (χ4v) is 5.68. The lowest BCUT2D eigenvalue weighted by atomic mass is 9.91. The molecule has 2 aromatic heterocycles. The molecular weight excluding hydrogens is 615 g/mol. The summed E-state index contributed by atoms with van der Waals surface area (Å²) in [5.41, 5.74) is -0.882. The Morgan fingerprint density at radius 1 is 0.957 bits per heavy atom. The minimum atomic E-state index is -4.65. The summed E-state index contributed by atoms with van der Waals surface area (Å²) in [5, 5.41) is 19.3. The van der Waals surface area contributed by atoms with Crippen LogP contribution in [0.5, 0.6) is 0 Å². The van der Waals surface area contributed by atoms with Crippen LogP contribution in [-0.2, 0) is 10.9 Å². The molecule has 0 radical (unpaired) electrons. The molecule has 1 aliphatic carbocycles. The number of alkyl carbamates (subject to hydrolysis) is 1. The maximum atomic E-state index is 14.0. The Morgan fingerprint density at radius 3 is 2.19 bits per heavy atom. The second kappa shape index (κ2) is 12.8. The van der Waals surface area contributed by atoms with Crippen LogP contribution in [0, 0.1) is 18.3 Å². The Hall–Kier alpha value is -5.32. The Kier molecular flexibility index (Phi) is 9.02. The number of halogens is 3. The topological polar surface area (TPSA) is 136 Å². The summed E-state index contributed by atoms with van der Waals surface area (Å²) in [7, 11) is 0. The van der Waals surface area contributed by atoms with Crippen LogP contribution >= 0.6 is 0 Å². The maximum absolute atomic E-state index is 14.0. The Bertz CT molecular complexity index is 1880. The highest BCUT2D eigenvalue weighted by Gasteiger charge is 2.33. The zero-order chi connectivity index (χ0) is 34.1. The molecule has 0 bridgehead atoms. The van der Waals surface area contributed by atoms with E-state index in [2.05, 4.69) is 15.7 Å². The molecule has 0 atom stereocenters. The van der Waals surface area contributed by atoms with Gasteiger partial charge in [0.15, 0.2) is 0 Å². The standard InChI is InChI=1S/C33H34F3N7O4/c1-20-28(27-16-17-38-43(27)25-14-8-21(19-37)9-15-25)42(31(46)41(20)26-7-5-6-22(18-26)33(34,35)36)29(44)39-23-10-12-24(13-11-23)40-30(45)47-32(2,3)4/h5-9,14-18,23-24H,10-13H2,1-4H3,(H,39,44)(H,40,45)/t23-,24-. The van der Waals surface area contributed by atoms with Gasteiger partial charge in [0.2, 0.25) is 0 Å². The highest BCUT2D eigenvalue weighted by Crippen LogP contribution is 2.32. The molecule has 2 N–H and O–H groups in total. The molecule has 2 heterocycles. The molecule has 246 valence electrons. The third-order valence-electron chi connectivity index (χ3n) is 7.82. The second-order valence-electron chi connectivity index (χ2n) is 12.4. The van der Waals surface area contributed by atoms with Gasteiger partial charge in [-0.25, -0.2) is 23.6 Å². The van der Waals surface area contributed by atoms with E-state index < -0.39 is 35.2 Å². The first-order valence-corrected chi connectivity index (χ1v) is 15.0. The van der Waals surface area contributed by atoms with Crippen molar-refractivity contribution in [2.45, 2.75) is 77.2 Å². The molecule has 2 amide bonds. The van der Waals surface area contributed by atoms with E-state index in [0.29, 0.717) is 42.6 Å². The number of alkyl halides is 3. The lowest BCUT2D eigenvalue weighted by Gasteiger charge is -2.30. The van der Waals surface area contributed by atoms with Gasteiger partial charge in [0.1, 0.15) is 11.3 Å². The largest absolute Gasteiger partial charge is 0.444 e. The van der Waals surface area contributed by atoms with Crippen LogP contribution in [0.2, 0.25) is 0 Å². The summed E-state index contributed by atoms with van der Waals surface area (Å²) in [6, 6.07) is 13.2. The number of hydrogen-bond acceptors (Lipinski definition) is 6. The molecule has 2 aromatic carbocycles. The van der Waals surface area contributed by atoms with Crippen molar-refractivity contribution in [1.82, 2.24) is 29.5 Å². The van der Waals surface area contributed by atoms with Gasteiger partial charge in [-0.05, 0) is 102 Å². The van der Waals surface area contributed by atoms with E-state index in [9.17, 15) is 32.8 Å². The molecule has 1 fully saturated rings. The monoisotopic (exact) mass is 649 g/mol. The van der Waals surface area contributed by atoms with E-state index in [4.69, 9.17) is 4.74 Å². The van der Waals surface area contributed by atoms with Crippen LogP contribution in [-0.4, -0.2) is 48.7 Å². The molecule has 4 aromatic rings. The quantitative estimate of drug-likeness (QED) is 0.269. The van der Waals surface area contributed by atoms with Crippen molar-refractivity contribution in [3.8, 4) is 28.8 Å². The number of aromatic nitrogens is 4. The van der Waals surface area contributed by atoms with Crippen LogP contribution in [0.15, 0.2) is 65.6 Å². The zero-order valence-corrected chi connectivity index (χ0v) is 26.3. The molecule has 11 nitrogen and oxygen atoms in total. The van der Waals surface area contributed by atoms with Crippen LogP contribution in [0.3, 0.4) is 0 Å². The van der Waals surface area contributed by atoms with Gasteiger partial charge in [-0.3, -0.25) is 4.57 Å². The predicted octanol–water partition coefficient (Wildman–Crippen LogP) is 6.08. The number of nitrogens with one attached hydrogen (secondary N) is 2. The number of rotatable bonds is 5. The Morgan fingerprint density at radius 2 is 1.60 bits per heavy atom. The van der Waals surface area contributed by atoms with Crippen LogP contribution < -0.4 is 16.3 Å². The normalized spacial score (nSPS) is 16.7. The molecule has 1 saturated carbocycles. The van der Waals surface area contributed by atoms with E-state index >= 15 is 0 Å². The van der Waals surface area contributed by atoms with Crippen molar-refractivity contribution in [3.63, 3.8) is 0 Å². The van der Waals surface area contributed by atoms with E-state index in [1.165, 1.54) is 23.0 Å². The number of nitrogens with zero attached hydrogens (tertiary/aromatic N) is 5. The summed E-state index contributed by atoms with van der Waals surface area (Å²) < 4.78 is 49.7. The van der Waals surface area contributed by atoms with E-state index in [0.717, 1.165) is 21.3 Å². The fraction of sp³-hybridized carbons (Fsp3) is 0.364. The molecular formula is C33H34F3N7O4. The van der Waals surface area contributed by atoms with Gasteiger partial charge < -0.3 is 15.4 Å². The number of hydrogen-bond donors (Lipinski definition) is 2. The van der Waals surface area contributed by atoms with Crippen molar-refractivity contribution in [2.24, 2.45) is 0 Å². The molecule has 0 saturated heterocycles. The van der Waals surface area contributed by atoms with Crippen LogP contribution in [0.4, 0.5) is 22.8 Å². The number of amides is 2. The molecule has 47 heavy (non-hydrogen) atoms. The van der Waals surface area contributed by atoms with Crippen molar-refractivity contribution < 1.29 is 27.5 Å². The maximum Gasteiger partial charge on any atom is 0.416 e. The average Bonchev–Trinajstić information content (AvgIpc) is 3.58. The third-order valence-corrected chi connectivity index (χ3v) is 7.82. The Labute approximate surface area is 268 Å². The fourth-order valence-electron chi connectivity index (χ4n) is 5.68. The van der Waals surface area contributed by atoms with E-state index in [1.807, 2.05) is 6.07 Å². The molecule has 14 heteroatoms. The van der Waals surface area contributed by atoms with Gasteiger partial charge in [-0.1, -0.05) is 6.07 Å². The van der Waals surface area contributed by atoms with Crippen LogP contribution in [0.25, 0.3) is 22.8 Å². The van der Waals surface area contributed by atoms with Gasteiger partial charge in [-0.15, -0.1) is 0 Å². The van der Waals surface area contributed by atoms with Gasteiger partial charge >= 0.3 is 24.0 Å². The molecule has 0 aliphatic heterocycles. The van der Waals surface area contributed by atoms with Crippen molar-refractivity contribution in [1.29, 1.82) is 5.26 Å². The number of benzene rings is 2. The molecule has 5 rings (SSSR count). The summed E-state index contributed by atoms with van der Waals surface area (Å²) in [6.45, 7) is 6.86. The number of carbonyl (C=O) groups is 2. The van der Waals surface area contributed by atoms with Gasteiger partial charge in [0.05, 0.1) is 46.2 Å².